The van der Waals surface area contributed by atoms with E-state index in [9.17, 15) is 14.2 Å². The molecule has 1 amide bonds. The summed E-state index contributed by atoms with van der Waals surface area (Å²) in [5, 5.41) is 8.94. The SMILES string of the molecule is N[C@@H](CC(=O)O)C(=O)N1CCC[C@H]1P(=O)(Oc1ccccc1)Oc1ccccc1. The largest absolute Gasteiger partial charge is 0.481 e. The van der Waals surface area contributed by atoms with Gasteiger partial charge in [0.25, 0.3) is 0 Å². The molecule has 2 atom stereocenters. The number of benzene rings is 2. The van der Waals surface area contributed by atoms with Crippen LogP contribution in [0.3, 0.4) is 0 Å². The maximum atomic E-state index is 13.9. The Kier molecular flexibility index (Phi) is 6.56. The zero-order valence-corrected chi connectivity index (χ0v) is 16.6. The topological polar surface area (TPSA) is 119 Å². The minimum Gasteiger partial charge on any atom is -0.481 e. The number of rotatable bonds is 8. The molecule has 2 aromatic rings. The van der Waals surface area contributed by atoms with Crippen LogP contribution in [-0.4, -0.2) is 40.3 Å². The van der Waals surface area contributed by atoms with E-state index in [-0.39, 0.29) is 0 Å². The minimum atomic E-state index is -3.89. The van der Waals surface area contributed by atoms with Crippen molar-refractivity contribution in [3.63, 3.8) is 0 Å². The monoisotopic (exact) mass is 418 g/mol. The molecule has 0 bridgehead atoms. The molecule has 0 aliphatic carbocycles. The van der Waals surface area contributed by atoms with E-state index in [1.165, 1.54) is 4.90 Å². The first kappa shape index (κ1) is 20.9. The summed E-state index contributed by atoms with van der Waals surface area (Å²) in [4.78, 5) is 25.0. The maximum Gasteiger partial charge on any atom is 0.453 e. The molecule has 3 rings (SSSR count). The van der Waals surface area contributed by atoms with Gasteiger partial charge in [0.2, 0.25) is 5.91 Å². The number of carbonyl (C=O) groups excluding carboxylic acids is 1. The number of hydrogen-bond donors (Lipinski definition) is 2. The van der Waals surface area contributed by atoms with Gasteiger partial charge in [0.05, 0.1) is 12.5 Å². The number of para-hydroxylation sites is 2. The first-order valence-electron chi connectivity index (χ1n) is 9.26. The molecule has 8 nitrogen and oxygen atoms in total. The summed E-state index contributed by atoms with van der Waals surface area (Å²) in [5.41, 5.74) is 5.77. The Bertz CT molecular complexity index is 847. The molecular weight excluding hydrogens is 395 g/mol. The quantitative estimate of drug-likeness (QED) is 0.632. The lowest BCUT2D eigenvalue weighted by atomic mass is 10.2. The zero-order chi connectivity index (χ0) is 20.9. The second kappa shape index (κ2) is 9.11. The normalized spacial score (nSPS) is 17.6. The third kappa shape index (κ3) is 5.16. The molecule has 0 spiro atoms. The Labute approximate surface area is 168 Å². The van der Waals surface area contributed by atoms with Gasteiger partial charge in [-0.2, -0.15) is 0 Å². The van der Waals surface area contributed by atoms with Crippen LogP contribution in [-0.2, 0) is 14.2 Å². The van der Waals surface area contributed by atoms with Gasteiger partial charge < -0.3 is 24.8 Å². The van der Waals surface area contributed by atoms with Crippen LogP contribution in [0.4, 0.5) is 0 Å². The van der Waals surface area contributed by atoms with Crippen LogP contribution in [0.15, 0.2) is 60.7 Å². The Balaban J connectivity index is 1.90. The van der Waals surface area contributed by atoms with Crippen LogP contribution in [0.1, 0.15) is 19.3 Å². The lowest BCUT2D eigenvalue weighted by Crippen LogP contribution is -2.47. The first-order chi connectivity index (χ1) is 13.9. The Hall–Kier alpha value is -2.83. The number of aliphatic carboxylic acids is 1. The van der Waals surface area contributed by atoms with Crippen molar-refractivity contribution in [3.05, 3.63) is 60.7 Å². The molecule has 1 fully saturated rings. The van der Waals surface area contributed by atoms with Crippen LogP contribution in [0.5, 0.6) is 11.5 Å². The van der Waals surface area contributed by atoms with E-state index in [2.05, 4.69) is 0 Å². The van der Waals surface area contributed by atoms with Crippen molar-refractivity contribution >= 4 is 19.5 Å². The Morgan fingerprint density at radius 1 is 1.07 bits per heavy atom. The molecule has 0 unspecified atom stereocenters. The second-order valence-electron chi connectivity index (χ2n) is 6.71. The molecule has 0 radical (unpaired) electrons. The van der Waals surface area contributed by atoms with E-state index < -0.39 is 37.7 Å². The standard InChI is InChI=1S/C20H23N2O6P/c21-17(14-19(23)24)20(25)22-13-7-12-18(22)29(26,27-15-8-3-1-4-9-15)28-16-10-5-2-6-11-16/h1-6,8-11,17-18H,7,12-14,21H2,(H,23,24)/t17-,18+/m0/s1. The van der Waals surface area contributed by atoms with E-state index in [4.69, 9.17) is 19.9 Å². The summed E-state index contributed by atoms with van der Waals surface area (Å²) in [6.45, 7) is 0.303. The number of nitrogens with zero attached hydrogens (tertiary/aromatic N) is 1. The highest BCUT2D eigenvalue weighted by Gasteiger charge is 2.48. The summed E-state index contributed by atoms with van der Waals surface area (Å²) >= 11 is 0. The van der Waals surface area contributed by atoms with Crippen molar-refractivity contribution in [3.8, 4) is 11.5 Å². The molecule has 2 aromatic carbocycles. The molecule has 154 valence electrons. The number of carboxylic acids is 1. The van der Waals surface area contributed by atoms with Gasteiger partial charge in [-0.3, -0.25) is 9.59 Å². The van der Waals surface area contributed by atoms with E-state index >= 15 is 0 Å². The van der Waals surface area contributed by atoms with Crippen molar-refractivity contribution in [2.24, 2.45) is 5.73 Å². The molecule has 0 saturated carbocycles. The molecule has 1 saturated heterocycles. The van der Waals surface area contributed by atoms with Crippen molar-refractivity contribution in [2.75, 3.05) is 6.54 Å². The highest BCUT2D eigenvalue weighted by molar-refractivity contribution is 7.55. The third-order valence-corrected chi connectivity index (χ3v) is 6.73. The minimum absolute atomic E-state index is 0.303. The van der Waals surface area contributed by atoms with E-state index in [0.717, 1.165) is 0 Å². The lowest BCUT2D eigenvalue weighted by Gasteiger charge is -2.32. The van der Waals surface area contributed by atoms with Crippen molar-refractivity contribution < 1.29 is 28.3 Å². The summed E-state index contributed by atoms with van der Waals surface area (Å²) in [5.74, 6) is -1.92. The fourth-order valence-corrected chi connectivity index (χ4v) is 5.40. The number of carboxylic acid groups (broad SMARTS) is 1. The number of likely N-dealkylation sites (tertiary alicyclic amines) is 1. The van der Waals surface area contributed by atoms with E-state index in [1.54, 1.807) is 60.7 Å². The number of nitrogens with two attached hydrogens (primary N) is 1. The van der Waals surface area contributed by atoms with Crippen LogP contribution in [0.25, 0.3) is 0 Å². The van der Waals surface area contributed by atoms with Crippen molar-refractivity contribution in [1.82, 2.24) is 4.90 Å². The van der Waals surface area contributed by atoms with Crippen LogP contribution in [0.2, 0.25) is 0 Å². The molecule has 1 aliphatic heterocycles. The summed E-state index contributed by atoms with van der Waals surface area (Å²) in [7, 11) is -3.89. The summed E-state index contributed by atoms with van der Waals surface area (Å²) in [6.07, 6.45) is 0.463. The number of hydrogen-bond acceptors (Lipinski definition) is 6. The Morgan fingerprint density at radius 2 is 1.59 bits per heavy atom. The van der Waals surface area contributed by atoms with Gasteiger partial charge in [-0.1, -0.05) is 36.4 Å². The molecular formula is C20H23N2O6P. The van der Waals surface area contributed by atoms with Gasteiger partial charge in [-0.05, 0) is 37.1 Å². The predicted molar refractivity (Wildman–Crippen MR) is 107 cm³/mol. The fourth-order valence-electron chi connectivity index (χ4n) is 3.22. The van der Waals surface area contributed by atoms with Crippen LogP contribution in [0, 0.1) is 0 Å². The smallest absolute Gasteiger partial charge is 0.453 e. The van der Waals surface area contributed by atoms with Gasteiger partial charge in [-0.25, -0.2) is 4.57 Å². The van der Waals surface area contributed by atoms with E-state index in [0.29, 0.717) is 30.9 Å². The van der Waals surface area contributed by atoms with Gasteiger partial charge >= 0.3 is 13.6 Å². The molecule has 1 heterocycles. The number of amides is 1. The summed E-state index contributed by atoms with van der Waals surface area (Å²) in [6, 6.07) is 15.9. The maximum absolute atomic E-state index is 13.9. The molecule has 9 heteroatoms. The third-order valence-electron chi connectivity index (χ3n) is 4.53. The molecule has 1 aliphatic rings. The van der Waals surface area contributed by atoms with E-state index in [1.807, 2.05) is 0 Å². The molecule has 0 aromatic heterocycles. The molecule has 3 N–H and O–H groups in total. The molecule has 29 heavy (non-hydrogen) atoms. The highest BCUT2D eigenvalue weighted by Crippen LogP contribution is 2.56. The van der Waals surface area contributed by atoms with Crippen LogP contribution >= 0.6 is 7.60 Å². The average molecular weight is 418 g/mol. The fraction of sp³-hybridized carbons (Fsp3) is 0.300. The average Bonchev–Trinajstić information content (AvgIpc) is 3.19. The summed E-state index contributed by atoms with van der Waals surface area (Å²) < 4.78 is 25.5. The van der Waals surface area contributed by atoms with Crippen molar-refractivity contribution in [2.45, 2.75) is 31.1 Å². The lowest BCUT2D eigenvalue weighted by molar-refractivity contribution is -0.141. The van der Waals surface area contributed by atoms with Gasteiger partial charge in [0.15, 0.2) is 5.78 Å². The van der Waals surface area contributed by atoms with Gasteiger partial charge in [0, 0.05) is 6.54 Å². The zero-order valence-electron chi connectivity index (χ0n) is 15.7. The van der Waals surface area contributed by atoms with Crippen LogP contribution < -0.4 is 14.8 Å². The Morgan fingerprint density at radius 3 is 2.07 bits per heavy atom. The van der Waals surface area contributed by atoms with Crippen molar-refractivity contribution in [1.29, 1.82) is 0 Å². The highest BCUT2D eigenvalue weighted by atomic mass is 31.2. The van der Waals surface area contributed by atoms with Gasteiger partial charge in [-0.15, -0.1) is 0 Å². The predicted octanol–water partition coefficient (Wildman–Crippen LogP) is 3.09. The second-order valence-corrected chi connectivity index (χ2v) is 8.75. The number of carbonyl (C=O) groups is 2. The van der Waals surface area contributed by atoms with Gasteiger partial charge in [0.1, 0.15) is 11.5 Å². The first-order valence-corrected chi connectivity index (χ1v) is 10.9.